The van der Waals surface area contributed by atoms with Gasteiger partial charge in [0, 0.05) is 17.8 Å². The molecule has 0 bridgehead atoms. The Morgan fingerprint density at radius 3 is 2.94 bits per heavy atom. The second-order valence-electron chi connectivity index (χ2n) is 4.49. The summed E-state index contributed by atoms with van der Waals surface area (Å²) in [5.74, 6) is 1.27. The molecule has 0 amide bonds. The number of guanidine groups is 1. The molecule has 0 fully saturated rings. The minimum absolute atomic E-state index is 0.445. The van der Waals surface area contributed by atoms with Gasteiger partial charge in [-0.2, -0.15) is 0 Å². The first-order chi connectivity index (χ1) is 8.65. The molecule has 1 aliphatic rings. The standard InChI is InChI=1S/C12H16N6/c1-6-5-8-10(17-11(13)16-8)7(2)9(6)18-12-14-3-4-15-12/h5H,3-4H2,1-2H3,(H3,13,16,17)(H2,14,15,18). The van der Waals surface area contributed by atoms with Gasteiger partial charge in [-0.3, -0.25) is 4.99 Å². The zero-order valence-electron chi connectivity index (χ0n) is 10.5. The minimum atomic E-state index is 0.445. The van der Waals surface area contributed by atoms with E-state index in [1.807, 2.05) is 13.0 Å². The van der Waals surface area contributed by atoms with Crippen molar-refractivity contribution >= 4 is 28.6 Å². The molecule has 6 heteroatoms. The van der Waals surface area contributed by atoms with Crippen molar-refractivity contribution in [3.8, 4) is 0 Å². The van der Waals surface area contributed by atoms with Gasteiger partial charge in [0.1, 0.15) is 0 Å². The molecular formula is C12H16N6. The number of aromatic nitrogens is 2. The Balaban J connectivity index is 2.09. The summed E-state index contributed by atoms with van der Waals surface area (Å²) in [6, 6.07) is 2.05. The molecule has 0 aliphatic carbocycles. The van der Waals surface area contributed by atoms with E-state index in [-0.39, 0.29) is 0 Å². The van der Waals surface area contributed by atoms with Crippen LogP contribution in [0.1, 0.15) is 11.1 Å². The Morgan fingerprint density at radius 2 is 2.22 bits per heavy atom. The molecule has 0 saturated carbocycles. The van der Waals surface area contributed by atoms with Crippen LogP contribution in [0.25, 0.3) is 11.0 Å². The maximum atomic E-state index is 5.70. The highest BCUT2D eigenvalue weighted by molar-refractivity contribution is 5.99. The zero-order valence-corrected chi connectivity index (χ0v) is 10.5. The van der Waals surface area contributed by atoms with Gasteiger partial charge < -0.3 is 21.4 Å². The lowest BCUT2D eigenvalue weighted by Crippen LogP contribution is -2.26. The molecule has 0 radical (unpaired) electrons. The first-order valence-electron chi connectivity index (χ1n) is 5.96. The fraction of sp³-hybridized carbons (Fsp3) is 0.333. The molecule has 94 valence electrons. The average molecular weight is 244 g/mol. The molecule has 0 atom stereocenters. The third kappa shape index (κ3) is 1.66. The van der Waals surface area contributed by atoms with Gasteiger partial charge in [-0.15, -0.1) is 0 Å². The number of anilines is 2. The number of nitrogens with two attached hydrogens (primary N) is 1. The van der Waals surface area contributed by atoms with Crippen molar-refractivity contribution in [2.45, 2.75) is 13.8 Å². The van der Waals surface area contributed by atoms with Crippen LogP contribution >= 0.6 is 0 Å². The van der Waals surface area contributed by atoms with E-state index >= 15 is 0 Å². The lowest BCUT2D eigenvalue weighted by Gasteiger charge is -2.13. The molecule has 0 saturated heterocycles. The molecular weight excluding hydrogens is 228 g/mol. The van der Waals surface area contributed by atoms with E-state index in [1.165, 1.54) is 0 Å². The predicted octanol–water partition coefficient (Wildman–Crippen LogP) is 1.13. The largest absolute Gasteiger partial charge is 0.369 e. The number of imidazole rings is 1. The molecule has 6 nitrogen and oxygen atoms in total. The molecule has 5 N–H and O–H groups in total. The van der Waals surface area contributed by atoms with Crippen LogP contribution in [-0.4, -0.2) is 29.0 Å². The number of H-pyrrole nitrogens is 1. The lowest BCUT2D eigenvalue weighted by molar-refractivity contribution is 0.959. The van der Waals surface area contributed by atoms with E-state index in [4.69, 9.17) is 5.73 Å². The third-order valence-electron chi connectivity index (χ3n) is 3.15. The van der Waals surface area contributed by atoms with Crippen molar-refractivity contribution in [3.63, 3.8) is 0 Å². The monoisotopic (exact) mass is 244 g/mol. The number of nitrogens with zero attached hydrogens (tertiary/aromatic N) is 2. The Kier molecular flexibility index (Phi) is 2.36. The normalized spacial score (nSPS) is 14.7. The maximum absolute atomic E-state index is 5.70. The van der Waals surface area contributed by atoms with Crippen LogP contribution in [0.15, 0.2) is 11.1 Å². The van der Waals surface area contributed by atoms with Crippen molar-refractivity contribution in [1.29, 1.82) is 0 Å². The number of hydrogen-bond acceptors (Lipinski definition) is 5. The SMILES string of the molecule is Cc1cc2[nH]c(N)nc2c(C)c1NC1=NCCN1. The van der Waals surface area contributed by atoms with E-state index in [9.17, 15) is 0 Å². The fourth-order valence-corrected chi connectivity index (χ4v) is 2.29. The summed E-state index contributed by atoms with van der Waals surface area (Å²) in [6.45, 7) is 5.80. The number of aryl methyl sites for hydroxylation is 2. The first kappa shape index (κ1) is 10.9. The van der Waals surface area contributed by atoms with Crippen molar-refractivity contribution < 1.29 is 0 Å². The summed E-state index contributed by atoms with van der Waals surface area (Å²) in [5, 5.41) is 6.52. The highest BCUT2D eigenvalue weighted by atomic mass is 15.2. The van der Waals surface area contributed by atoms with Crippen LogP contribution < -0.4 is 16.4 Å². The minimum Gasteiger partial charge on any atom is -0.369 e. The molecule has 1 aliphatic heterocycles. The van der Waals surface area contributed by atoms with E-state index in [0.717, 1.165) is 46.9 Å². The number of fused-ring (bicyclic) bond motifs is 1. The highest BCUT2D eigenvalue weighted by Gasteiger charge is 2.13. The van der Waals surface area contributed by atoms with Crippen molar-refractivity contribution in [2.75, 3.05) is 24.1 Å². The number of nitrogens with one attached hydrogen (secondary N) is 3. The van der Waals surface area contributed by atoms with Crippen molar-refractivity contribution in [2.24, 2.45) is 4.99 Å². The molecule has 2 aromatic rings. The summed E-state index contributed by atoms with van der Waals surface area (Å²) in [4.78, 5) is 11.7. The van der Waals surface area contributed by atoms with Gasteiger partial charge >= 0.3 is 0 Å². The fourth-order valence-electron chi connectivity index (χ4n) is 2.29. The van der Waals surface area contributed by atoms with Crippen molar-refractivity contribution in [1.82, 2.24) is 15.3 Å². The highest BCUT2D eigenvalue weighted by Crippen LogP contribution is 2.28. The Labute approximate surface area is 105 Å². The topological polar surface area (TPSA) is 91.1 Å². The summed E-state index contributed by atoms with van der Waals surface area (Å²) < 4.78 is 0. The number of rotatable bonds is 1. The van der Waals surface area contributed by atoms with Crippen LogP contribution in [0, 0.1) is 13.8 Å². The van der Waals surface area contributed by atoms with Gasteiger partial charge in [0.2, 0.25) is 0 Å². The molecule has 3 rings (SSSR count). The van der Waals surface area contributed by atoms with E-state index in [2.05, 4.69) is 32.5 Å². The molecule has 0 spiro atoms. The van der Waals surface area contributed by atoms with Gasteiger partial charge in [-0.25, -0.2) is 4.98 Å². The number of nitrogen functional groups attached to an aromatic ring is 1. The molecule has 1 aromatic heterocycles. The van der Waals surface area contributed by atoms with Gasteiger partial charge in [0.25, 0.3) is 0 Å². The first-order valence-corrected chi connectivity index (χ1v) is 5.96. The van der Waals surface area contributed by atoms with Crippen molar-refractivity contribution in [3.05, 3.63) is 17.2 Å². The predicted molar refractivity (Wildman–Crippen MR) is 73.9 cm³/mol. The smallest absolute Gasteiger partial charge is 0.198 e. The van der Waals surface area contributed by atoms with Gasteiger partial charge in [0.05, 0.1) is 17.6 Å². The molecule has 0 unspecified atom stereocenters. The number of hydrogen-bond donors (Lipinski definition) is 4. The quantitative estimate of drug-likeness (QED) is 0.605. The number of aliphatic imine (C=N–C) groups is 1. The van der Waals surface area contributed by atoms with E-state index < -0.39 is 0 Å². The molecule has 1 aromatic carbocycles. The van der Waals surface area contributed by atoms with E-state index in [0.29, 0.717) is 5.95 Å². The second-order valence-corrected chi connectivity index (χ2v) is 4.49. The van der Waals surface area contributed by atoms with Gasteiger partial charge in [0.15, 0.2) is 11.9 Å². The zero-order chi connectivity index (χ0) is 12.7. The Morgan fingerprint density at radius 1 is 1.39 bits per heavy atom. The van der Waals surface area contributed by atoms with Gasteiger partial charge in [-0.1, -0.05) is 0 Å². The number of aromatic amines is 1. The Hall–Kier alpha value is -2.24. The number of benzene rings is 1. The summed E-state index contributed by atoms with van der Waals surface area (Å²) in [7, 11) is 0. The van der Waals surface area contributed by atoms with Crippen LogP contribution in [0.2, 0.25) is 0 Å². The Bertz CT molecular complexity index is 640. The van der Waals surface area contributed by atoms with Crippen LogP contribution in [-0.2, 0) is 0 Å². The molecule has 2 heterocycles. The lowest BCUT2D eigenvalue weighted by atomic mass is 10.1. The van der Waals surface area contributed by atoms with E-state index in [1.54, 1.807) is 0 Å². The van der Waals surface area contributed by atoms with Crippen LogP contribution in [0.3, 0.4) is 0 Å². The summed E-state index contributed by atoms with van der Waals surface area (Å²) >= 11 is 0. The summed E-state index contributed by atoms with van der Waals surface area (Å²) in [5.41, 5.74) is 10.8. The molecule has 18 heavy (non-hydrogen) atoms. The maximum Gasteiger partial charge on any atom is 0.198 e. The average Bonchev–Trinajstić information content (AvgIpc) is 2.93. The van der Waals surface area contributed by atoms with Crippen LogP contribution in [0.4, 0.5) is 11.6 Å². The summed E-state index contributed by atoms with van der Waals surface area (Å²) in [6.07, 6.45) is 0. The van der Waals surface area contributed by atoms with Crippen LogP contribution in [0.5, 0.6) is 0 Å². The van der Waals surface area contributed by atoms with Gasteiger partial charge in [-0.05, 0) is 25.5 Å². The second kappa shape index (κ2) is 3.90. The third-order valence-corrected chi connectivity index (χ3v) is 3.15.